The van der Waals surface area contributed by atoms with E-state index in [1.807, 2.05) is 13.8 Å². The molecular weight excluding hydrogens is 500 g/mol. The molecule has 2 aliphatic rings. The number of ether oxygens (including phenoxy) is 1. The van der Waals surface area contributed by atoms with Gasteiger partial charge in [-0.1, -0.05) is 72.6 Å². The van der Waals surface area contributed by atoms with Gasteiger partial charge in [0, 0.05) is 11.6 Å². The molecule has 1 aliphatic heterocycles. The number of phenols is 1. The number of phenolic OH excluding ortho intramolecular Hbond substituents is 1. The van der Waals surface area contributed by atoms with E-state index in [0.717, 1.165) is 77.7 Å². The van der Waals surface area contributed by atoms with Crippen molar-refractivity contribution in [2.45, 2.75) is 132 Å². The number of fused-ring (bicyclic) bond motifs is 1. The molecule has 3 rings (SSSR count). The molecule has 40 heavy (non-hydrogen) atoms. The van der Waals surface area contributed by atoms with Crippen LogP contribution in [-0.4, -0.2) is 27.4 Å². The molecule has 0 saturated heterocycles. The van der Waals surface area contributed by atoms with E-state index >= 15 is 0 Å². The summed E-state index contributed by atoms with van der Waals surface area (Å²) in [6, 6.07) is 0. The zero-order valence-electron chi connectivity index (χ0n) is 26.4. The van der Waals surface area contributed by atoms with E-state index in [4.69, 9.17) is 9.84 Å². The number of aliphatic hydroxyl groups excluding tert-OH is 1. The van der Waals surface area contributed by atoms with E-state index in [2.05, 4.69) is 41.5 Å². The van der Waals surface area contributed by atoms with Gasteiger partial charge in [-0.25, -0.2) is 0 Å². The van der Waals surface area contributed by atoms with E-state index in [-0.39, 0.29) is 11.4 Å². The summed E-state index contributed by atoms with van der Waals surface area (Å²) in [6.07, 6.45) is 17.1. The van der Waals surface area contributed by atoms with Crippen LogP contribution >= 0.6 is 0 Å². The Kier molecular flexibility index (Phi) is 13.0. The average molecular weight is 555 g/mol. The number of aromatic hydroxyl groups is 1. The van der Waals surface area contributed by atoms with Crippen molar-refractivity contribution in [3.05, 3.63) is 46.2 Å². The Labute approximate surface area is 243 Å². The normalized spacial score (nSPS) is 19.9. The van der Waals surface area contributed by atoms with E-state index < -0.39 is 11.5 Å². The molecule has 0 fully saturated rings. The maximum absolute atomic E-state index is 10.4. The molecule has 2 N–H and O–H groups in total. The Morgan fingerprint density at radius 3 is 1.95 bits per heavy atom. The molecule has 5 nitrogen and oxygen atoms in total. The van der Waals surface area contributed by atoms with Gasteiger partial charge in [-0.2, -0.15) is 0 Å². The molecule has 1 aromatic carbocycles. The summed E-state index contributed by atoms with van der Waals surface area (Å²) in [6.45, 7) is 17.9. The Morgan fingerprint density at radius 2 is 1.40 bits per heavy atom. The second kappa shape index (κ2) is 15.4. The summed E-state index contributed by atoms with van der Waals surface area (Å²) in [5.74, 6) is 2.68. The lowest BCUT2D eigenvalue weighted by Crippen LogP contribution is -2.37. The van der Waals surface area contributed by atoms with Crippen LogP contribution in [0.25, 0.3) is 0 Å². The van der Waals surface area contributed by atoms with Gasteiger partial charge in [0.25, 0.3) is 0 Å². The highest BCUT2D eigenvalue weighted by Gasteiger charge is 2.34. The lowest BCUT2D eigenvalue weighted by Gasteiger charge is -2.38. The highest BCUT2D eigenvalue weighted by molar-refractivity contribution is 6.16. The van der Waals surface area contributed by atoms with E-state index in [9.17, 15) is 14.7 Å². The molecule has 0 radical (unpaired) electrons. The maximum Gasteiger partial charge on any atom is 0.220 e. The number of aliphatic hydroxyl groups is 1. The molecule has 1 aromatic rings. The smallest absolute Gasteiger partial charge is 0.220 e. The number of allylic oxidation sites excluding steroid dienone is 3. The first-order chi connectivity index (χ1) is 18.7. The van der Waals surface area contributed by atoms with Gasteiger partial charge in [0.05, 0.1) is 0 Å². The molecule has 1 aliphatic carbocycles. The van der Waals surface area contributed by atoms with Gasteiger partial charge in [0.1, 0.15) is 17.1 Å². The monoisotopic (exact) mass is 554 g/mol. The molecule has 0 spiro atoms. The highest BCUT2D eigenvalue weighted by atomic mass is 16.5. The van der Waals surface area contributed by atoms with Gasteiger partial charge in [-0.05, 0) is 100.0 Å². The number of hydrogen-bond donors (Lipinski definition) is 2. The molecular formula is C35H54O5. The van der Waals surface area contributed by atoms with Crippen LogP contribution < -0.4 is 4.74 Å². The first kappa shape index (κ1) is 33.6. The molecule has 3 atom stereocenters. The largest absolute Gasteiger partial charge is 0.507 e. The van der Waals surface area contributed by atoms with Gasteiger partial charge in [-0.15, -0.1) is 0 Å². The van der Waals surface area contributed by atoms with Gasteiger partial charge in [0.2, 0.25) is 5.78 Å². The summed E-state index contributed by atoms with van der Waals surface area (Å²) in [5.41, 5.74) is 4.23. The quantitative estimate of drug-likeness (QED) is 0.252. The zero-order chi connectivity index (χ0) is 30.0. The van der Waals surface area contributed by atoms with Crippen LogP contribution in [0.5, 0.6) is 11.5 Å². The maximum atomic E-state index is 10.4. The summed E-state index contributed by atoms with van der Waals surface area (Å²) in [5, 5.41) is 19.0. The Balaban J connectivity index is 0.000000526. The minimum Gasteiger partial charge on any atom is -0.507 e. The Hall–Kier alpha value is -2.56. The van der Waals surface area contributed by atoms with E-state index in [1.165, 1.54) is 56.9 Å². The van der Waals surface area contributed by atoms with Crippen molar-refractivity contribution in [1.29, 1.82) is 0 Å². The van der Waals surface area contributed by atoms with Crippen LogP contribution in [-0.2, 0) is 16.0 Å². The van der Waals surface area contributed by atoms with Gasteiger partial charge in [-0.3, -0.25) is 9.59 Å². The number of carbonyl (C=O) groups excluding carboxylic acids is 2. The molecule has 0 unspecified atom stereocenters. The lowest BCUT2D eigenvalue weighted by molar-refractivity contribution is -0.116. The second-order valence-electron chi connectivity index (χ2n) is 13.1. The molecule has 0 amide bonds. The summed E-state index contributed by atoms with van der Waals surface area (Å²) in [4.78, 5) is 20.7. The molecule has 5 heteroatoms. The molecule has 0 saturated carbocycles. The zero-order valence-corrected chi connectivity index (χ0v) is 26.4. The van der Waals surface area contributed by atoms with E-state index in [1.54, 1.807) is 0 Å². The first-order valence-corrected chi connectivity index (χ1v) is 15.4. The summed E-state index contributed by atoms with van der Waals surface area (Å²) < 4.78 is 6.60. The van der Waals surface area contributed by atoms with Crippen LogP contribution in [0.3, 0.4) is 0 Å². The average Bonchev–Trinajstić information content (AvgIpc) is 2.88. The van der Waals surface area contributed by atoms with Crippen molar-refractivity contribution < 1.29 is 24.5 Å². The van der Waals surface area contributed by atoms with Crippen molar-refractivity contribution in [2.75, 3.05) is 0 Å². The predicted molar refractivity (Wildman–Crippen MR) is 164 cm³/mol. The van der Waals surface area contributed by atoms with Gasteiger partial charge >= 0.3 is 0 Å². The molecule has 0 aromatic heterocycles. The Bertz CT molecular complexity index is 1080. The summed E-state index contributed by atoms with van der Waals surface area (Å²) in [7, 11) is 0. The third kappa shape index (κ3) is 10.1. The first-order valence-electron chi connectivity index (χ1n) is 15.4. The molecule has 1 heterocycles. The van der Waals surface area contributed by atoms with Crippen LogP contribution in [0, 0.1) is 38.5 Å². The molecule has 224 valence electrons. The Morgan fingerprint density at radius 1 is 0.825 bits per heavy atom. The van der Waals surface area contributed by atoms with Crippen molar-refractivity contribution in [3.8, 4) is 11.5 Å². The highest BCUT2D eigenvalue weighted by Crippen LogP contribution is 2.44. The minimum absolute atomic E-state index is 0.0712. The van der Waals surface area contributed by atoms with Crippen molar-refractivity contribution in [3.63, 3.8) is 0 Å². The minimum atomic E-state index is -0.519. The third-order valence-electron chi connectivity index (χ3n) is 8.80. The van der Waals surface area contributed by atoms with Gasteiger partial charge < -0.3 is 14.9 Å². The van der Waals surface area contributed by atoms with E-state index in [0.29, 0.717) is 5.75 Å². The van der Waals surface area contributed by atoms with Crippen LogP contribution in [0.1, 0.15) is 121 Å². The fraction of sp³-hybridized carbons (Fsp3) is 0.657. The number of ketones is 2. The van der Waals surface area contributed by atoms with Gasteiger partial charge in [0.15, 0.2) is 11.5 Å². The fourth-order valence-corrected chi connectivity index (χ4v) is 5.77. The number of carbonyl (C=O) groups is 2. The number of hydrogen-bond acceptors (Lipinski definition) is 5. The standard InChI is InChI=1S/C29H50O2.C6H4O3/c1-20(2)12-9-13-21(3)14-10-15-22(4)16-11-18-29(8)19-17-26-25(7)27(30)23(5)24(6)28(26)31-29;7-4-1-2-5(8)6(9)3-4/h20-22,30H,9-19H2,1-8H3;1-3,9H/t21-,22-,29-;/m1./s1. The fourth-order valence-electron chi connectivity index (χ4n) is 5.77. The SMILES string of the molecule is Cc1c(C)c2c(c(C)c1O)CC[C@@](C)(CCC[C@H](C)CCC[C@H](C)CCCC(C)C)O2.O=C1C=CC(=O)C(O)=C1. The topological polar surface area (TPSA) is 83.8 Å². The third-order valence-corrected chi connectivity index (χ3v) is 8.80. The predicted octanol–water partition coefficient (Wildman–Crippen LogP) is 8.98. The van der Waals surface area contributed by atoms with Crippen LogP contribution in [0.2, 0.25) is 0 Å². The number of rotatable bonds is 12. The molecule has 0 bridgehead atoms. The van der Waals surface area contributed by atoms with Crippen LogP contribution in [0.15, 0.2) is 24.0 Å². The van der Waals surface area contributed by atoms with Crippen LogP contribution in [0.4, 0.5) is 0 Å². The van der Waals surface area contributed by atoms with Crippen molar-refractivity contribution in [1.82, 2.24) is 0 Å². The van der Waals surface area contributed by atoms with Crippen molar-refractivity contribution in [2.24, 2.45) is 17.8 Å². The summed E-state index contributed by atoms with van der Waals surface area (Å²) >= 11 is 0. The van der Waals surface area contributed by atoms with Crippen molar-refractivity contribution >= 4 is 11.6 Å². The lowest BCUT2D eigenvalue weighted by atomic mass is 9.84. The second-order valence-corrected chi connectivity index (χ2v) is 13.1. The number of benzene rings is 1.